The number of hydrogen-bond acceptors (Lipinski definition) is 7. The first-order valence-electron chi connectivity index (χ1n) is 7.17. The molecule has 0 aliphatic rings. The fourth-order valence-electron chi connectivity index (χ4n) is 1.98. The molecule has 0 bridgehead atoms. The lowest BCUT2D eigenvalue weighted by molar-refractivity contribution is 0.0481. The number of esters is 1. The Kier molecular flexibility index (Phi) is 5.74. The molecule has 0 spiro atoms. The molecule has 0 atom stereocenters. The summed E-state index contributed by atoms with van der Waals surface area (Å²) in [4.78, 5) is 13.4. The molecule has 7 heteroatoms. The summed E-state index contributed by atoms with van der Waals surface area (Å²) in [5.74, 6) is -0.0356. The van der Waals surface area contributed by atoms with E-state index in [1.165, 1.54) is 0 Å². The number of methoxy groups -OCH3 is 1. The van der Waals surface area contributed by atoms with Crippen molar-refractivity contribution in [3.63, 3.8) is 0 Å². The van der Waals surface area contributed by atoms with Gasteiger partial charge in [-0.05, 0) is 24.6 Å². The minimum atomic E-state index is -0.633. The first-order chi connectivity index (χ1) is 11.2. The average molecular weight is 317 g/mol. The van der Waals surface area contributed by atoms with Gasteiger partial charge in [0.15, 0.2) is 0 Å². The van der Waals surface area contributed by atoms with Crippen molar-refractivity contribution in [2.75, 3.05) is 25.2 Å². The van der Waals surface area contributed by atoms with Crippen molar-refractivity contribution in [1.29, 1.82) is 0 Å². The number of hydrogen-bond donors (Lipinski definition) is 0. The zero-order chi connectivity index (χ0) is 16.7. The van der Waals surface area contributed by atoms with Gasteiger partial charge in [-0.1, -0.05) is 28.4 Å². The molecule has 1 aromatic heterocycles. The Morgan fingerprint density at radius 3 is 2.96 bits per heavy atom. The van der Waals surface area contributed by atoms with Crippen molar-refractivity contribution in [1.82, 2.24) is 10.2 Å². The van der Waals surface area contributed by atoms with Crippen LogP contribution < -0.4 is 9.64 Å². The topological polar surface area (TPSA) is 77.7 Å². The molecule has 0 radical (unpaired) electrons. The molecule has 0 fully saturated rings. The first kappa shape index (κ1) is 16.5. The Labute approximate surface area is 134 Å². The Morgan fingerprint density at radius 1 is 1.43 bits per heavy atom. The van der Waals surface area contributed by atoms with Crippen molar-refractivity contribution < 1.29 is 18.7 Å². The van der Waals surface area contributed by atoms with Crippen molar-refractivity contribution in [3.8, 4) is 5.75 Å². The summed E-state index contributed by atoms with van der Waals surface area (Å²) >= 11 is 0. The van der Waals surface area contributed by atoms with E-state index in [0.29, 0.717) is 13.1 Å². The van der Waals surface area contributed by atoms with Crippen molar-refractivity contribution in [2.45, 2.75) is 13.5 Å². The summed E-state index contributed by atoms with van der Waals surface area (Å²) in [5.41, 5.74) is 1.00. The minimum Gasteiger partial charge on any atom is -0.497 e. The third-order valence-corrected chi connectivity index (χ3v) is 2.99. The van der Waals surface area contributed by atoms with Crippen LogP contribution in [0.1, 0.15) is 23.2 Å². The summed E-state index contributed by atoms with van der Waals surface area (Å²) in [6.07, 6.45) is 1.72. The average Bonchev–Trinajstić information content (AvgIpc) is 3.05. The summed E-state index contributed by atoms with van der Waals surface area (Å²) < 4.78 is 15.4. The highest BCUT2D eigenvalue weighted by molar-refractivity contribution is 5.84. The van der Waals surface area contributed by atoms with E-state index in [9.17, 15) is 4.79 Å². The highest BCUT2D eigenvalue weighted by Gasteiger charge is 2.19. The van der Waals surface area contributed by atoms with Crippen molar-refractivity contribution in [3.05, 3.63) is 48.4 Å². The summed E-state index contributed by atoms with van der Waals surface area (Å²) in [6.45, 7) is 6.68. The molecule has 0 aliphatic carbocycles. The van der Waals surface area contributed by atoms with Crippen LogP contribution >= 0.6 is 0 Å². The second-order valence-corrected chi connectivity index (χ2v) is 4.63. The lowest BCUT2D eigenvalue weighted by atomic mass is 10.2. The van der Waals surface area contributed by atoms with E-state index < -0.39 is 5.97 Å². The number of benzene rings is 1. The number of nitrogens with zero attached hydrogens (tertiary/aromatic N) is 3. The van der Waals surface area contributed by atoms with Gasteiger partial charge in [0.2, 0.25) is 0 Å². The Balaban J connectivity index is 2.17. The molecule has 0 N–H and O–H groups in total. The van der Waals surface area contributed by atoms with Crippen LogP contribution in [0.2, 0.25) is 0 Å². The quantitative estimate of drug-likeness (QED) is 0.546. The SMILES string of the molecule is C=CCN(Cc1cccc(OC)c1)c1nnc(C(=O)OCC)o1. The number of carbonyl (C=O) groups excluding carboxylic acids is 1. The molecular formula is C16H19N3O4. The molecule has 0 saturated heterocycles. The van der Waals surface area contributed by atoms with Gasteiger partial charge < -0.3 is 18.8 Å². The van der Waals surface area contributed by atoms with E-state index in [1.54, 1.807) is 25.0 Å². The zero-order valence-electron chi connectivity index (χ0n) is 13.2. The molecule has 2 aromatic rings. The van der Waals surface area contributed by atoms with Crippen LogP contribution in [0.25, 0.3) is 0 Å². The third-order valence-electron chi connectivity index (χ3n) is 2.99. The standard InChI is InChI=1S/C16H19N3O4/c1-4-9-19(11-12-7-6-8-13(10-12)21-3)16-18-17-14(23-16)15(20)22-5-2/h4,6-8,10H,1,5,9,11H2,2-3H3. The molecule has 1 heterocycles. The normalized spacial score (nSPS) is 10.2. The van der Waals surface area contributed by atoms with Crippen molar-refractivity contribution >= 4 is 12.0 Å². The Morgan fingerprint density at radius 2 is 2.26 bits per heavy atom. The zero-order valence-corrected chi connectivity index (χ0v) is 13.2. The fourth-order valence-corrected chi connectivity index (χ4v) is 1.98. The van der Waals surface area contributed by atoms with Gasteiger partial charge in [-0.2, -0.15) is 0 Å². The molecule has 0 aliphatic heterocycles. The lowest BCUT2D eigenvalue weighted by Crippen LogP contribution is -2.23. The predicted octanol–water partition coefficient (Wildman–Crippen LogP) is 2.45. The monoisotopic (exact) mass is 317 g/mol. The van der Waals surface area contributed by atoms with E-state index in [4.69, 9.17) is 13.9 Å². The molecule has 122 valence electrons. The van der Waals surface area contributed by atoms with E-state index >= 15 is 0 Å². The van der Waals surface area contributed by atoms with Gasteiger partial charge in [0.25, 0.3) is 0 Å². The Hall–Kier alpha value is -2.83. The first-order valence-corrected chi connectivity index (χ1v) is 7.17. The largest absolute Gasteiger partial charge is 0.497 e. The highest BCUT2D eigenvalue weighted by atomic mass is 16.5. The van der Waals surface area contributed by atoms with Crippen molar-refractivity contribution in [2.24, 2.45) is 0 Å². The smallest absolute Gasteiger partial charge is 0.396 e. The second kappa shape index (κ2) is 7.98. The van der Waals surface area contributed by atoms with Gasteiger partial charge in [-0.15, -0.1) is 6.58 Å². The summed E-state index contributed by atoms with van der Waals surface area (Å²) in [5, 5.41) is 7.63. The molecule has 1 aromatic carbocycles. The number of carbonyl (C=O) groups is 1. The van der Waals surface area contributed by atoms with E-state index in [-0.39, 0.29) is 18.5 Å². The van der Waals surface area contributed by atoms with Gasteiger partial charge in [-0.25, -0.2) is 4.79 Å². The summed E-state index contributed by atoms with van der Waals surface area (Å²) in [7, 11) is 1.62. The highest BCUT2D eigenvalue weighted by Crippen LogP contribution is 2.19. The van der Waals surface area contributed by atoms with E-state index in [2.05, 4.69) is 16.8 Å². The maximum atomic E-state index is 11.6. The van der Waals surface area contributed by atoms with Gasteiger partial charge in [0.05, 0.1) is 13.7 Å². The Bertz CT molecular complexity index is 669. The van der Waals surface area contributed by atoms with Gasteiger partial charge >= 0.3 is 17.9 Å². The molecular weight excluding hydrogens is 298 g/mol. The predicted molar refractivity (Wildman–Crippen MR) is 84.5 cm³/mol. The van der Waals surface area contributed by atoms with Crippen LogP contribution in [-0.2, 0) is 11.3 Å². The molecule has 0 unspecified atom stereocenters. The molecule has 2 rings (SSSR count). The van der Waals surface area contributed by atoms with Crippen LogP contribution in [0.4, 0.5) is 6.01 Å². The molecule has 7 nitrogen and oxygen atoms in total. The van der Waals surface area contributed by atoms with Gasteiger partial charge in [0.1, 0.15) is 5.75 Å². The van der Waals surface area contributed by atoms with Gasteiger partial charge in [-0.3, -0.25) is 0 Å². The third kappa shape index (κ3) is 4.32. The molecule has 0 saturated carbocycles. The minimum absolute atomic E-state index is 0.165. The summed E-state index contributed by atoms with van der Waals surface area (Å²) in [6, 6.07) is 7.88. The van der Waals surface area contributed by atoms with E-state index in [1.807, 2.05) is 24.3 Å². The van der Waals surface area contributed by atoms with Crippen LogP contribution in [0.5, 0.6) is 5.75 Å². The van der Waals surface area contributed by atoms with Crippen LogP contribution in [0.15, 0.2) is 41.3 Å². The van der Waals surface area contributed by atoms with E-state index in [0.717, 1.165) is 11.3 Å². The molecule has 23 heavy (non-hydrogen) atoms. The van der Waals surface area contributed by atoms with Gasteiger partial charge in [0, 0.05) is 13.1 Å². The molecule has 0 amide bonds. The maximum absolute atomic E-state index is 11.6. The van der Waals surface area contributed by atoms with Crippen LogP contribution in [-0.4, -0.2) is 36.4 Å². The number of rotatable bonds is 8. The number of anilines is 1. The number of ether oxygens (including phenoxy) is 2. The van der Waals surface area contributed by atoms with Crippen LogP contribution in [0.3, 0.4) is 0 Å². The maximum Gasteiger partial charge on any atom is 0.396 e. The second-order valence-electron chi connectivity index (χ2n) is 4.63. The number of aromatic nitrogens is 2. The fraction of sp³-hybridized carbons (Fsp3) is 0.312. The lowest BCUT2D eigenvalue weighted by Gasteiger charge is -2.18. The van der Waals surface area contributed by atoms with Crippen LogP contribution in [0, 0.1) is 0 Å².